The molecule has 5 nitrogen and oxygen atoms in total. The summed E-state index contributed by atoms with van der Waals surface area (Å²) in [6, 6.07) is 6.01. The van der Waals surface area contributed by atoms with Gasteiger partial charge in [0.15, 0.2) is 0 Å². The molecule has 0 aliphatic heterocycles. The molecule has 0 radical (unpaired) electrons. The van der Waals surface area contributed by atoms with Gasteiger partial charge in [0.1, 0.15) is 0 Å². The normalized spacial score (nSPS) is 14.1. The van der Waals surface area contributed by atoms with Crippen LogP contribution in [-0.4, -0.2) is 40.5 Å². The van der Waals surface area contributed by atoms with Gasteiger partial charge in [0.2, 0.25) is 0 Å². The Morgan fingerprint density at radius 1 is 1.32 bits per heavy atom. The number of hydrogen-bond donors (Lipinski definition) is 4. The summed E-state index contributed by atoms with van der Waals surface area (Å²) < 4.78 is 0. The van der Waals surface area contributed by atoms with E-state index in [1.165, 1.54) is 0 Å². The molecule has 0 heterocycles. The maximum absolute atomic E-state index is 10.8. The monoisotopic (exact) mass is 287 g/mol. The number of aliphatic hydroxyl groups is 2. The number of aliphatic carboxylic acids is 1. The molecule has 0 aliphatic carbocycles. The number of halogens is 1. The summed E-state index contributed by atoms with van der Waals surface area (Å²) in [5.41, 5.74) is 0.604. The fraction of sp³-hybridized carbons (Fsp3) is 0.462. The minimum absolute atomic E-state index is 0.0177. The standard InChI is InChI=1S/C13H18ClNO4/c14-10-4-2-9(3-5-10)13(19)11(8-12(17)18)15-6-1-7-16/h2-5,11,13,15-16,19H,1,6-8H2,(H,17,18). The van der Waals surface area contributed by atoms with E-state index in [0.29, 0.717) is 23.6 Å². The summed E-state index contributed by atoms with van der Waals surface area (Å²) in [7, 11) is 0. The van der Waals surface area contributed by atoms with Crippen LogP contribution in [0, 0.1) is 0 Å². The van der Waals surface area contributed by atoms with Gasteiger partial charge in [-0.15, -0.1) is 0 Å². The lowest BCUT2D eigenvalue weighted by atomic mass is 9.99. The van der Waals surface area contributed by atoms with E-state index in [2.05, 4.69) is 5.32 Å². The van der Waals surface area contributed by atoms with Crippen molar-refractivity contribution >= 4 is 17.6 Å². The summed E-state index contributed by atoms with van der Waals surface area (Å²) in [6.07, 6.45) is -0.634. The van der Waals surface area contributed by atoms with Crippen molar-refractivity contribution in [3.8, 4) is 0 Å². The zero-order valence-electron chi connectivity index (χ0n) is 10.4. The van der Waals surface area contributed by atoms with Crippen molar-refractivity contribution in [2.45, 2.75) is 25.0 Å². The van der Waals surface area contributed by atoms with E-state index < -0.39 is 18.1 Å². The van der Waals surface area contributed by atoms with Crippen LogP contribution in [0.5, 0.6) is 0 Å². The van der Waals surface area contributed by atoms with E-state index in [9.17, 15) is 9.90 Å². The quantitative estimate of drug-likeness (QED) is 0.539. The fourth-order valence-electron chi connectivity index (χ4n) is 1.74. The van der Waals surface area contributed by atoms with Gasteiger partial charge in [-0.1, -0.05) is 23.7 Å². The third-order valence-corrected chi connectivity index (χ3v) is 2.98. The first-order valence-corrected chi connectivity index (χ1v) is 6.42. The van der Waals surface area contributed by atoms with E-state index in [1.54, 1.807) is 24.3 Å². The molecule has 1 aromatic carbocycles. The lowest BCUT2D eigenvalue weighted by Gasteiger charge is -2.23. The highest BCUT2D eigenvalue weighted by Gasteiger charge is 2.22. The number of benzene rings is 1. The smallest absolute Gasteiger partial charge is 0.305 e. The summed E-state index contributed by atoms with van der Waals surface area (Å²) >= 11 is 5.76. The molecule has 19 heavy (non-hydrogen) atoms. The van der Waals surface area contributed by atoms with Crippen molar-refractivity contribution in [2.24, 2.45) is 0 Å². The zero-order valence-corrected chi connectivity index (χ0v) is 11.2. The SMILES string of the molecule is O=C(O)CC(NCCCO)C(O)c1ccc(Cl)cc1. The molecule has 0 fully saturated rings. The van der Waals surface area contributed by atoms with Crippen LogP contribution in [-0.2, 0) is 4.79 Å². The molecular weight excluding hydrogens is 270 g/mol. The van der Waals surface area contributed by atoms with Gasteiger partial charge in [0, 0.05) is 17.7 Å². The van der Waals surface area contributed by atoms with Crippen molar-refractivity contribution < 1.29 is 20.1 Å². The van der Waals surface area contributed by atoms with Gasteiger partial charge >= 0.3 is 5.97 Å². The number of aliphatic hydroxyl groups excluding tert-OH is 2. The molecular formula is C13H18ClNO4. The third-order valence-electron chi connectivity index (χ3n) is 2.73. The third kappa shape index (κ3) is 5.57. The van der Waals surface area contributed by atoms with Gasteiger partial charge in [0.05, 0.1) is 12.5 Å². The van der Waals surface area contributed by atoms with E-state index in [4.69, 9.17) is 21.8 Å². The fourth-order valence-corrected chi connectivity index (χ4v) is 1.87. The minimum atomic E-state index is -0.991. The number of rotatable bonds is 8. The minimum Gasteiger partial charge on any atom is -0.481 e. The molecule has 0 aromatic heterocycles. The molecule has 2 atom stereocenters. The van der Waals surface area contributed by atoms with Gasteiger partial charge in [-0.3, -0.25) is 4.79 Å². The highest BCUT2D eigenvalue weighted by atomic mass is 35.5. The van der Waals surface area contributed by atoms with Crippen molar-refractivity contribution in [2.75, 3.05) is 13.2 Å². The van der Waals surface area contributed by atoms with E-state index in [1.807, 2.05) is 0 Å². The van der Waals surface area contributed by atoms with Crippen LogP contribution in [0.3, 0.4) is 0 Å². The van der Waals surface area contributed by atoms with E-state index in [-0.39, 0.29) is 13.0 Å². The first-order valence-electron chi connectivity index (χ1n) is 6.04. The highest BCUT2D eigenvalue weighted by molar-refractivity contribution is 6.30. The first-order chi connectivity index (χ1) is 9.04. The largest absolute Gasteiger partial charge is 0.481 e. The van der Waals surface area contributed by atoms with Crippen molar-refractivity contribution in [3.05, 3.63) is 34.9 Å². The van der Waals surface area contributed by atoms with Crippen LogP contribution in [0.1, 0.15) is 24.5 Å². The number of nitrogens with one attached hydrogen (secondary N) is 1. The van der Waals surface area contributed by atoms with Gasteiger partial charge in [-0.05, 0) is 30.7 Å². The van der Waals surface area contributed by atoms with E-state index in [0.717, 1.165) is 0 Å². The van der Waals surface area contributed by atoms with Crippen molar-refractivity contribution in [1.29, 1.82) is 0 Å². The maximum Gasteiger partial charge on any atom is 0.305 e. The second-order valence-electron chi connectivity index (χ2n) is 4.23. The molecule has 2 unspecified atom stereocenters. The van der Waals surface area contributed by atoms with Gasteiger partial charge < -0.3 is 20.6 Å². The van der Waals surface area contributed by atoms with E-state index >= 15 is 0 Å². The van der Waals surface area contributed by atoms with Gasteiger partial charge in [-0.2, -0.15) is 0 Å². The lowest BCUT2D eigenvalue weighted by molar-refractivity contribution is -0.138. The van der Waals surface area contributed by atoms with Crippen LogP contribution < -0.4 is 5.32 Å². The lowest BCUT2D eigenvalue weighted by Crippen LogP contribution is -2.37. The molecule has 0 bridgehead atoms. The molecule has 4 N–H and O–H groups in total. The average molecular weight is 288 g/mol. The van der Waals surface area contributed by atoms with Crippen LogP contribution in [0.25, 0.3) is 0 Å². The Kier molecular flexibility index (Phi) is 6.80. The molecule has 1 aromatic rings. The molecule has 6 heteroatoms. The second-order valence-corrected chi connectivity index (χ2v) is 4.67. The topological polar surface area (TPSA) is 89.8 Å². The Bertz CT molecular complexity index is 396. The Hall–Kier alpha value is -1.14. The van der Waals surface area contributed by atoms with Crippen molar-refractivity contribution in [1.82, 2.24) is 5.32 Å². The number of carbonyl (C=O) groups is 1. The van der Waals surface area contributed by atoms with Gasteiger partial charge in [-0.25, -0.2) is 0 Å². The molecule has 0 saturated carbocycles. The van der Waals surface area contributed by atoms with Gasteiger partial charge in [0.25, 0.3) is 0 Å². The zero-order chi connectivity index (χ0) is 14.3. The Labute approximate surface area is 116 Å². The maximum atomic E-state index is 10.8. The predicted octanol–water partition coefficient (Wildman–Crippen LogP) is 1.19. The molecule has 106 valence electrons. The average Bonchev–Trinajstić information content (AvgIpc) is 2.37. The molecule has 0 amide bonds. The van der Waals surface area contributed by atoms with Crippen LogP contribution in [0.2, 0.25) is 5.02 Å². The summed E-state index contributed by atoms with van der Waals surface area (Å²) in [5.74, 6) is -0.991. The summed E-state index contributed by atoms with van der Waals surface area (Å²) in [4.78, 5) is 10.8. The number of carboxylic acids is 1. The Morgan fingerprint density at radius 2 is 1.95 bits per heavy atom. The van der Waals surface area contributed by atoms with Crippen molar-refractivity contribution in [3.63, 3.8) is 0 Å². The molecule has 0 saturated heterocycles. The summed E-state index contributed by atoms with van der Waals surface area (Å²) in [5, 5.41) is 31.3. The Balaban J connectivity index is 2.71. The predicted molar refractivity (Wildman–Crippen MR) is 72.2 cm³/mol. The highest BCUT2D eigenvalue weighted by Crippen LogP contribution is 2.21. The second kappa shape index (κ2) is 8.12. The molecule has 1 rings (SSSR count). The molecule has 0 aliphatic rings. The first kappa shape index (κ1) is 15.9. The van der Waals surface area contributed by atoms with Crippen LogP contribution in [0.15, 0.2) is 24.3 Å². The number of carboxylic acid groups (broad SMARTS) is 1. The molecule has 0 spiro atoms. The van der Waals surface area contributed by atoms with Crippen LogP contribution in [0.4, 0.5) is 0 Å². The summed E-state index contributed by atoms with van der Waals surface area (Å²) in [6.45, 7) is 0.461. The Morgan fingerprint density at radius 3 is 2.47 bits per heavy atom. The van der Waals surface area contributed by atoms with Crippen LogP contribution >= 0.6 is 11.6 Å². The number of hydrogen-bond acceptors (Lipinski definition) is 4.